The van der Waals surface area contributed by atoms with Crippen LogP contribution >= 0.6 is 0 Å². The molecule has 0 saturated heterocycles. The van der Waals surface area contributed by atoms with Crippen molar-refractivity contribution in [1.29, 1.82) is 0 Å². The molecule has 0 radical (unpaired) electrons. The topological polar surface area (TPSA) is 95.1 Å². The molecule has 0 aliphatic carbocycles. The van der Waals surface area contributed by atoms with E-state index in [0.717, 1.165) is 11.1 Å². The normalized spacial score (nSPS) is 15.4. The van der Waals surface area contributed by atoms with E-state index in [-0.39, 0.29) is 11.7 Å². The SMILES string of the molecule is COC(=O)OC1=C(C)NC(C)=C(OC(=O)NCC(C)C)C1c1ccc(OCc2ccccc2)cc1. The Morgan fingerprint density at radius 3 is 2.17 bits per heavy atom. The van der Waals surface area contributed by atoms with Crippen LogP contribution in [0.5, 0.6) is 5.75 Å². The highest BCUT2D eigenvalue weighted by Crippen LogP contribution is 2.39. The molecule has 0 spiro atoms. The summed E-state index contributed by atoms with van der Waals surface area (Å²) in [5, 5.41) is 5.88. The number of amides is 1. The Kier molecular flexibility index (Phi) is 8.78. The minimum atomic E-state index is -0.864. The van der Waals surface area contributed by atoms with E-state index >= 15 is 0 Å². The lowest BCUT2D eigenvalue weighted by Crippen LogP contribution is -2.33. The van der Waals surface area contributed by atoms with Crippen LogP contribution < -0.4 is 15.4 Å². The summed E-state index contributed by atoms with van der Waals surface area (Å²) in [5.74, 6) is 0.909. The van der Waals surface area contributed by atoms with E-state index in [1.165, 1.54) is 7.11 Å². The molecule has 2 aromatic carbocycles. The fraction of sp³-hybridized carbons (Fsp3) is 0.333. The molecule has 8 nitrogen and oxygen atoms in total. The van der Waals surface area contributed by atoms with E-state index < -0.39 is 18.2 Å². The maximum absolute atomic E-state index is 12.5. The van der Waals surface area contributed by atoms with E-state index in [4.69, 9.17) is 18.9 Å². The van der Waals surface area contributed by atoms with Crippen molar-refractivity contribution in [2.45, 2.75) is 40.2 Å². The molecule has 0 aromatic heterocycles. The summed E-state index contributed by atoms with van der Waals surface area (Å²) in [6, 6.07) is 17.2. The van der Waals surface area contributed by atoms with E-state index in [2.05, 4.69) is 10.6 Å². The molecule has 1 aliphatic heterocycles. The summed E-state index contributed by atoms with van der Waals surface area (Å²) < 4.78 is 21.8. The molecule has 1 atom stereocenters. The number of benzene rings is 2. The van der Waals surface area contributed by atoms with Gasteiger partial charge in [-0.05, 0) is 43.0 Å². The number of carbonyl (C=O) groups is 2. The number of carbonyl (C=O) groups excluding carboxylic acids is 2. The van der Waals surface area contributed by atoms with Crippen LogP contribution in [0.2, 0.25) is 0 Å². The van der Waals surface area contributed by atoms with Crippen LogP contribution in [0.3, 0.4) is 0 Å². The lowest BCUT2D eigenvalue weighted by atomic mass is 9.90. The van der Waals surface area contributed by atoms with Gasteiger partial charge in [-0.15, -0.1) is 0 Å². The maximum Gasteiger partial charge on any atom is 0.513 e. The number of hydrogen-bond acceptors (Lipinski definition) is 7. The van der Waals surface area contributed by atoms with Gasteiger partial charge in [-0.2, -0.15) is 0 Å². The van der Waals surface area contributed by atoms with E-state index in [9.17, 15) is 9.59 Å². The van der Waals surface area contributed by atoms with Crippen molar-refractivity contribution in [3.05, 3.63) is 88.6 Å². The third-order valence-corrected chi connectivity index (χ3v) is 5.32. The molecule has 0 bridgehead atoms. The van der Waals surface area contributed by atoms with Gasteiger partial charge in [-0.3, -0.25) is 0 Å². The summed E-state index contributed by atoms with van der Waals surface area (Å²) in [6.07, 6.45) is -1.45. The van der Waals surface area contributed by atoms with Crippen LogP contribution in [0.25, 0.3) is 0 Å². The van der Waals surface area contributed by atoms with Gasteiger partial charge < -0.3 is 29.6 Å². The van der Waals surface area contributed by atoms with Crippen LogP contribution in [0.4, 0.5) is 9.59 Å². The van der Waals surface area contributed by atoms with E-state index in [1.54, 1.807) is 13.8 Å². The van der Waals surface area contributed by atoms with Gasteiger partial charge in [0.15, 0.2) is 0 Å². The second kappa shape index (κ2) is 12.0. The molecule has 0 saturated carbocycles. The Bertz CT molecular complexity index is 1090. The highest BCUT2D eigenvalue weighted by Gasteiger charge is 2.35. The first-order valence-electron chi connectivity index (χ1n) is 11.4. The first-order chi connectivity index (χ1) is 16.8. The molecule has 2 aromatic rings. The van der Waals surface area contributed by atoms with Crippen LogP contribution in [0.15, 0.2) is 77.5 Å². The van der Waals surface area contributed by atoms with Crippen LogP contribution in [0.1, 0.15) is 44.7 Å². The van der Waals surface area contributed by atoms with Crippen LogP contribution in [-0.2, 0) is 20.8 Å². The lowest BCUT2D eigenvalue weighted by Gasteiger charge is -2.30. The van der Waals surface area contributed by atoms with Gasteiger partial charge in [-0.1, -0.05) is 56.3 Å². The number of methoxy groups -OCH3 is 1. The molecular formula is C27H32N2O6. The molecule has 1 aliphatic rings. The lowest BCUT2D eigenvalue weighted by molar-refractivity contribution is 0.0888. The van der Waals surface area contributed by atoms with Crippen molar-refractivity contribution in [3.8, 4) is 5.75 Å². The second-order valence-electron chi connectivity index (χ2n) is 8.60. The van der Waals surface area contributed by atoms with E-state index in [0.29, 0.717) is 36.1 Å². The third-order valence-electron chi connectivity index (χ3n) is 5.32. The number of dihydropyridines is 1. The van der Waals surface area contributed by atoms with Gasteiger partial charge in [0.1, 0.15) is 29.8 Å². The Balaban J connectivity index is 1.87. The highest BCUT2D eigenvalue weighted by molar-refractivity contribution is 5.69. The average Bonchev–Trinajstić information content (AvgIpc) is 2.85. The first-order valence-corrected chi connectivity index (χ1v) is 11.4. The Morgan fingerprint density at radius 1 is 0.943 bits per heavy atom. The molecule has 2 N–H and O–H groups in total. The third kappa shape index (κ3) is 7.02. The number of nitrogens with one attached hydrogen (secondary N) is 2. The molecular weight excluding hydrogens is 448 g/mol. The predicted octanol–water partition coefficient (Wildman–Crippen LogP) is 5.58. The number of rotatable bonds is 8. The molecule has 35 heavy (non-hydrogen) atoms. The molecule has 1 heterocycles. The molecule has 1 unspecified atom stereocenters. The minimum Gasteiger partial charge on any atom is -0.489 e. The van der Waals surface area contributed by atoms with Crippen molar-refractivity contribution in [1.82, 2.24) is 10.6 Å². The number of hydrogen-bond donors (Lipinski definition) is 2. The quantitative estimate of drug-likeness (QED) is 0.476. The Labute approximate surface area is 205 Å². The highest BCUT2D eigenvalue weighted by atomic mass is 16.7. The number of ether oxygens (including phenoxy) is 4. The zero-order chi connectivity index (χ0) is 25.4. The zero-order valence-corrected chi connectivity index (χ0v) is 20.7. The van der Waals surface area contributed by atoms with Gasteiger partial charge in [0.2, 0.25) is 0 Å². The van der Waals surface area contributed by atoms with Crippen LogP contribution in [-0.4, -0.2) is 25.9 Å². The predicted molar refractivity (Wildman–Crippen MR) is 131 cm³/mol. The first kappa shape index (κ1) is 25.7. The van der Waals surface area contributed by atoms with Crippen molar-refractivity contribution >= 4 is 12.2 Å². The zero-order valence-electron chi connectivity index (χ0n) is 20.7. The van der Waals surface area contributed by atoms with E-state index in [1.807, 2.05) is 68.4 Å². The summed E-state index contributed by atoms with van der Waals surface area (Å²) in [7, 11) is 1.24. The van der Waals surface area contributed by atoms with Crippen molar-refractivity contribution in [2.24, 2.45) is 5.92 Å². The van der Waals surface area contributed by atoms with Crippen molar-refractivity contribution in [2.75, 3.05) is 13.7 Å². The smallest absolute Gasteiger partial charge is 0.489 e. The summed E-state index contributed by atoms with van der Waals surface area (Å²) in [6.45, 7) is 8.47. The van der Waals surface area contributed by atoms with Gasteiger partial charge in [0.05, 0.1) is 18.5 Å². The maximum atomic E-state index is 12.5. The largest absolute Gasteiger partial charge is 0.513 e. The van der Waals surface area contributed by atoms with Gasteiger partial charge in [0, 0.05) is 6.54 Å². The molecule has 1 amide bonds. The summed E-state index contributed by atoms with van der Waals surface area (Å²) in [4.78, 5) is 24.5. The monoisotopic (exact) mass is 480 g/mol. The minimum absolute atomic E-state index is 0.265. The van der Waals surface area contributed by atoms with Crippen LogP contribution in [0, 0.1) is 5.92 Å². The second-order valence-corrected chi connectivity index (χ2v) is 8.60. The Morgan fingerprint density at radius 2 is 1.57 bits per heavy atom. The van der Waals surface area contributed by atoms with Gasteiger partial charge >= 0.3 is 12.2 Å². The number of allylic oxidation sites excluding steroid dienone is 2. The molecule has 3 rings (SSSR count). The van der Waals surface area contributed by atoms with Gasteiger partial charge in [-0.25, -0.2) is 9.59 Å². The standard InChI is InChI=1S/C27H32N2O6/c1-17(2)15-28-26(30)34-24-18(3)29-19(4)25(35-27(31)32-5)23(24)21-11-13-22(14-12-21)33-16-20-9-7-6-8-10-20/h6-14,17,23,29H,15-16H2,1-5H3,(H,28,30). The molecule has 8 heteroatoms. The van der Waals surface area contributed by atoms with Crippen molar-refractivity contribution in [3.63, 3.8) is 0 Å². The fourth-order valence-corrected chi connectivity index (χ4v) is 3.58. The Hall–Kier alpha value is -3.94. The summed E-state index contributed by atoms with van der Waals surface area (Å²) in [5.41, 5.74) is 3.05. The fourth-order valence-electron chi connectivity index (χ4n) is 3.58. The van der Waals surface area contributed by atoms with Crippen molar-refractivity contribution < 1.29 is 28.5 Å². The van der Waals surface area contributed by atoms with Gasteiger partial charge in [0.25, 0.3) is 0 Å². The molecule has 186 valence electrons. The summed E-state index contributed by atoms with van der Waals surface area (Å²) >= 11 is 0. The molecule has 0 fully saturated rings. The number of alkyl carbamates (subject to hydrolysis) is 1. The average molecular weight is 481 g/mol.